The van der Waals surface area contributed by atoms with E-state index < -0.39 is 5.97 Å². The van der Waals surface area contributed by atoms with E-state index in [1.807, 2.05) is 61.2 Å². The molecule has 0 saturated carbocycles. The maximum absolute atomic E-state index is 13.1. The summed E-state index contributed by atoms with van der Waals surface area (Å²) in [6.07, 6.45) is 0.763. The van der Waals surface area contributed by atoms with Crippen LogP contribution in [0.1, 0.15) is 50.7 Å². The number of fused-ring (bicyclic) bond motifs is 2. The summed E-state index contributed by atoms with van der Waals surface area (Å²) in [7, 11) is 0. The van der Waals surface area contributed by atoms with Crippen molar-refractivity contribution in [2.45, 2.75) is 33.7 Å². The molecule has 3 heterocycles. The van der Waals surface area contributed by atoms with Crippen molar-refractivity contribution in [1.29, 1.82) is 0 Å². The Hall–Kier alpha value is -3.30. The first kappa shape index (κ1) is 22.9. The number of nitrogens with zero attached hydrogens (tertiary/aromatic N) is 3. The summed E-state index contributed by atoms with van der Waals surface area (Å²) < 4.78 is 1.02. The summed E-state index contributed by atoms with van der Waals surface area (Å²) in [6, 6.07) is 13.5. The predicted octanol–water partition coefficient (Wildman–Crippen LogP) is 5.60. The van der Waals surface area contributed by atoms with Crippen molar-refractivity contribution >= 4 is 55.0 Å². The van der Waals surface area contributed by atoms with Crippen molar-refractivity contribution in [1.82, 2.24) is 9.97 Å². The molecule has 0 saturated heterocycles. The van der Waals surface area contributed by atoms with Crippen LogP contribution in [0.2, 0.25) is 0 Å². The SMILES string of the molecule is CC.Cc1sc(N2CCc3cccc(C(=O)Nc4nc5ccccc5s4)c3C2)nc1C(=O)O. The number of benzene rings is 2. The van der Waals surface area contributed by atoms with E-state index in [0.717, 1.165) is 34.3 Å². The number of aromatic carboxylic acids is 1. The van der Waals surface area contributed by atoms with Gasteiger partial charge in [-0.2, -0.15) is 0 Å². The summed E-state index contributed by atoms with van der Waals surface area (Å²) in [5.41, 5.74) is 3.62. The summed E-state index contributed by atoms with van der Waals surface area (Å²) in [5.74, 6) is -1.22. The van der Waals surface area contributed by atoms with Crippen LogP contribution >= 0.6 is 22.7 Å². The average molecular weight is 481 g/mol. The molecule has 9 heteroatoms. The lowest BCUT2D eigenvalue weighted by atomic mass is 9.94. The normalized spacial score (nSPS) is 12.6. The lowest BCUT2D eigenvalue weighted by Crippen LogP contribution is -2.32. The van der Waals surface area contributed by atoms with Crippen LogP contribution in [-0.4, -0.2) is 33.5 Å². The van der Waals surface area contributed by atoms with Crippen molar-refractivity contribution in [2.75, 3.05) is 16.8 Å². The van der Waals surface area contributed by atoms with E-state index in [-0.39, 0.29) is 11.6 Å². The molecule has 0 spiro atoms. The number of nitrogens with one attached hydrogen (secondary N) is 1. The zero-order valence-corrected chi connectivity index (χ0v) is 20.2. The van der Waals surface area contributed by atoms with Crippen LogP contribution in [0.3, 0.4) is 0 Å². The molecule has 0 aliphatic carbocycles. The second-order valence-corrected chi connectivity index (χ2v) is 9.47. The average Bonchev–Trinajstić information content (AvgIpc) is 3.42. The van der Waals surface area contributed by atoms with Gasteiger partial charge in [0.25, 0.3) is 5.91 Å². The molecule has 33 heavy (non-hydrogen) atoms. The van der Waals surface area contributed by atoms with Crippen molar-refractivity contribution in [3.8, 4) is 0 Å². The minimum atomic E-state index is -1.02. The number of aromatic nitrogens is 2. The highest BCUT2D eigenvalue weighted by Gasteiger charge is 2.25. The molecule has 0 atom stereocenters. The molecule has 4 aromatic rings. The molecule has 7 nitrogen and oxygen atoms in total. The predicted molar refractivity (Wildman–Crippen MR) is 134 cm³/mol. The van der Waals surface area contributed by atoms with Crippen LogP contribution in [0.4, 0.5) is 10.3 Å². The van der Waals surface area contributed by atoms with Crippen molar-refractivity contribution in [2.24, 2.45) is 0 Å². The molecule has 1 amide bonds. The van der Waals surface area contributed by atoms with E-state index in [2.05, 4.69) is 15.3 Å². The largest absolute Gasteiger partial charge is 0.476 e. The first-order valence-electron chi connectivity index (χ1n) is 10.7. The smallest absolute Gasteiger partial charge is 0.355 e. The second-order valence-electron chi connectivity index (χ2n) is 7.26. The van der Waals surface area contributed by atoms with E-state index >= 15 is 0 Å². The third-order valence-corrected chi connectivity index (χ3v) is 7.27. The number of carbonyl (C=O) groups is 2. The maximum Gasteiger partial charge on any atom is 0.355 e. The number of thiazole rings is 2. The second kappa shape index (κ2) is 9.68. The van der Waals surface area contributed by atoms with Crippen molar-refractivity contribution in [3.05, 3.63) is 69.7 Å². The van der Waals surface area contributed by atoms with E-state index in [1.54, 1.807) is 6.92 Å². The molecule has 0 bridgehead atoms. The minimum Gasteiger partial charge on any atom is -0.476 e. The molecular formula is C24H24N4O3S2. The van der Waals surface area contributed by atoms with E-state index in [1.165, 1.54) is 22.7 Å². The number of carboxylic acids is 1. The lowest BCUT2D eigenvalue weighted by molar-refractivity contribution is 0.0690. The van der Waals surface area contributed by atoms with Gasteiger partial charge in [0.05, 0.1) is 10.2 Å². The Labute approximate surface area is 199 Å². The molecule has 2 aromatic heterocycles. The number of hydrogen-bond donors (Lipinski definition) is 2. The Bertz CT molecular complexity index is 1300. The summed E-state index contributed by atoms with van der Waals surface area (Å²) >= 11 is 2.81. The zero-order valence-electron chi connectivity index (χ0n) is 18.6. The molecule has 0 unspecified atom stereocenters. The van der Waals surface area contributed by atoms with Crippen LogP contribution in [0, 0.1) is 6.92 Å². The van der Waals surface area contributed by atoms with Crippen molar-refractivity contribution < 1.29 is 14.7 Å². The highest BCUT2D eigenvalue weighted by molar-refractivity contribution is 7.22. The van der Waals surface area contributed by atoms with Gasteiger partial charge >= 0.3 is 5.97 Å². The Morgan fingerprint density at radius 1 is 1.06 bits per heavy atom. The molecule has 170 valence electrons. The lowest BCUT2D eigenvalue weighted by Gasteiger charge is -2.29. The van der Waals surface area contributed by atoms with Crippen LogP contribution in [-0.2, 0) is 13.0 Å². The Morgan fingerprint density at radius 3 is 2.58 bits per heavy atom. The standard InChI is InChI=1S/C22H18N4O3S2.C2H6/c1-12-18(20(28)29)24-22(30-12)26-10-9-13-5-4-6-14(15(13)11-26)19(27)25-21-23-16-7-2-3-8-17(16)31-21;1-2/h2-8H,9-11H2,1H3,(H,28,29)(H,23,25,27);1-2H3. The third kappa shape index (κ3) is 4.60. The Kier molecular flexibility index (Phi) is 6.71. The van der Waals surface area contributed by atoms with Gasteiger partial charge in [-0.3, -0.25) is 10.1 Å². The van der Waals surface area contributed by atoms with Gasteiger partial charge in [0.15, 0.2) is 16.0 Å². The van der Waals surface area contributed by atoms with E-state index in [4.69, 9.17) is 0 Å². The number of amides is 1. The quantitative estimate of drug-likeness (QED) is 0.395. The Morgan fingerprint density at radius 2 is 1.85 bits per heavy atom. The highest BCUT2D eigenvalue weighted by Crippen LogP contribution is 2.32. The molecule has 0 radical (unpaired) electrons. The van der Waals surface area contributed by atoms with Crippen LogP contribution in [0.5, 0.6) is 0 Å². The molecule has 5 rings (SSSR count). The van der Waals surface area contributed by atoms with E-state index in [9.17, 15) is 14.7 Å². The zero-order chi connectivity index (χ0) is 23.5. The summed E-state index contributed by atoms with van der Waals surface area (Å²) in [5, 5.41) is 13.5. The van der Waals surface area contributed by atoms with Crippen LogP contribution in [0.15, 0.2) is 42.5 Å². The van der Waals surface area contributed by atoms with Crippen LogP contribution in [0.25, 0.3) is 10.2 Å². The summed E-state index contributed by atoms with van der Waals surface area (Å²) in [4.78, 5) is 36.0. The summed E-state index contributed by atoms with van der Waals surface area (Å²) in [6.45, 7) is 6.99. The van der Waals surface area contributed by atoms with Crippen molar-refractivity contribution in [3.63, 3.8) is 0 Å². The third-order valence-electron chi connectivity index (χ3n) is 5.29. The first-order chi connectivity index (χ1) is 16.0. The molecule has 1 aliphatic heterocycles. The van der Waals surface area contributed by atoms with Gasteiger partial charge < -0.3 is 10.0 Å². The number of carboxylic acid groups (broad SMARTS) is 1. The molecular weight excluding hydrogens is 456 g/mol. The fourth-order valence-electron chi connectivity index (χ4n) is 3.76. The van der Waals surface area contributed by atoms with Gasteiger partial charge in [-0.15, -0.1) is 11.3 Å². The van der Waals surface area contributed by atoms with Gasteiger partial charge in [-0.25, -0.2) is 14.8 Å². The van der Waals surface area contributed by atoms with Crippen LogP contribution < -0.4 is 10.2 Å². The molecule has 0 fully saturated rings. The topological polar surface area (TPSA) is 95.4 Å². The number of aryl methyl sites for hydroxylation is 1. The fraction of sp³-hybridized carbons (Fsp3) is 0.250. The molecule has 2 N–H and O–H groups in total. The Balaban J connectivity index is 0.00000126. The number of carbonyl (C=O) groups excluding carboxylic acids is 1. The number of hydrogen-bond acceptors (Lipinski definition) is 7. The van der Waals surface area contributed by atoms with Gasteiger partial charge in [-0.05, 0) is 42.7 Å². The fourth-order valence-corrected chi connectivity index (χ4v) is 5.55. The highest BCUT2D eigenvalue weighted by atomic mass is 32.1. The van der Waals surface area contributed by atoms with Gasteiger partial charge in [0.2, 0.25) is 0 Å². The number of anilines is 2. The monoisotopic (exact) mass is 480 g/mol. The number of rotatable bonds is 4. The van der Waals surface area contributed by atoms with Gasteiger partial charge in [0.1, 0.15) is 0 Å². The van der Waals surface area contributed by atoms with E-state index in [0.29, 0.717) is 27.2 Å². The number of para-hydroxylation sites is 1. The van der Waals surface area contributed by atoms with Gasteiger partial charge in [0, 0.05) is 23.5 Å². The molecule has 1 aliphatic rings. The first-order valence-corrected chi connectivity index (χ1v) is 12.4. The minimum absolute atomic E-state index is 0.0904. The molecule has 2 aromatic carbocycles. The van der Waals surface area contributed by atoms with Gasteiger partial charge in [-0.1, -0.05) is 49.4 Å². The maximum atomic E-state index is 13.1.